The number of nitrogens with zero attached hydrogens (tertiary/aromatic N) is 4. The number of carbonyl (C=O) groups is 2. The first kappa shape index (κ1) is 25.7. The predicted molar refractivity (Wildman–Crippen MR) is 156 cm³/mol. The quantitative estimate of drug-likeness (QED) is 0.280. The van der Waals surface area contributed by atoms with E-state index < -0.39 is 0 Å². The molecule has 2 fully saturated rings. The van der Waals surface area contributed by atoms with Crippen molar-refractivity contribution < 1.29 is 9.59 Å². The molecule has 0 saturated carbocycles. The number of benzene rings is 2. The highest BCUT2D eigenvalue weighted by Gasteiger charge is 2.37. The van der Waals surface area contributed by atoms with Gasteiger partial charge in [-0.25, -0.2) is 0 Å². The zero-order chi connectivity index (χ0) is 26.4. The van der Waals surface area contributed by atoms with E-state index in [2.05, 4.69) is 22.9 Å². The molecule has 2 aromatic carbocycles. The van der Waals surface area contributed by atoms with Crippen LogP contribution in [0.15, 0.2) is 52.8 Å². The summed E-state index contributed by atoms with van der Waals surface area (Å²) in [4.78, 5) is 32.2. The SMILES string of the molecule is Cc1ccc(N2C(=O)/C(=C/c3cn(CC(=O)N4CCCC[C@H]4C)c4ccc(Br)cc34)N(C)C2=S)cc1C. The van der Waals surface area contributed by atoms with E-state index in [1.165, 1.54) is 6.42 Å². The molecule has 0 radical (unpaired) electrons. The van der Waals surface area contributed by atoms with E-state index in [-0.39, 0.29) is 24.4 Å². The molecule has 0 spiro atoms. The molecule has 2 saturated heterocycles. The minimum Gasteiger partial charge on any atom is -0.338 e. The van der Waals surface area contributed by atoms with Crippen LogP contribution in [-0.2, 0) is 16.1 Å². The third-order valence-corrected chi connectivity index (χ3v) is 8.56. The number of halogens is 1. The molecule has 6 nitrogen and oxygen atoms in total. The monoisotopic (exact) mass is 578 g/mol. The van der Waals surface area contributed by atoms with Crippen molar-refractivity contribution in [2.45, 2.75) is 52.6 Å². The van der Waals surface area contributed by atoms with Crippen LogP contribution >= 0.6 is 28.1 Å². The number of aryl methyl sites for hydroxylation is 2. The summed E-state index contributed by atoms with van der Waals surface area (Å²) >= 11 is 9.27. The lowest BCUT2D eigenvalue weighted by Gasteiger charge is -2.33. The number of fused-ring (bicyclic) bond motifs is 1. The van der Waals surface area contributed by atoms with Crippen molar-refractivity contribution in [2.75, 3.05) is 18.5 Å². The molecule has 8 heteroatoms. The summed E-state index contributed by atoms with van der Waals surface area (Å²) in [5, 5.41) is 1.41. The highest BCUT2D eigenvalue weighted by atomic mass is 79.9. The summed E-state index contributed by atoms with van der Waals surface area (Å²) in [5.74, 6) is -0.0350. The van der Waals surface area contributed by atoms with Crippen molar-refractivity contribution in [3.63, 3.8) is 0 Å². The Bertz CT molecular complexity index is 1460. The minimum atomic E-state index is -0.162. The topological polar surface area (TPSA) is 48.8 Å². The summed E-state index contributed by atoms with van der Waals surface area (Å²) in [6.07, 6.45) is 7.13. The van der Waals surface area contributed by atoms with Crippen LogP contribution in [0.3, 0.4) is 0 Å². The lowest BCUT2D eigenvalue weighted by atomic mass is 10.0. The molecular weight excluding hydrogens is 548 g/mol. The number of likely N-dealkylation sites (tertiary alicyclic amines) is 1. The number of hydrogen-bond donors (Lipinski definition) is 0. The predicted octanol–water partition coefficient (Wildman–Crippen LogP) is 6.03. The van der Waals surface area contributed by atoms with Gasteiger partial charge in [-0.1, -0.05) is 22.0 Å². The number of hydrogen-bond acceptors (Lipinski definition) is 3. The first-order chi connectivity index (χ1) is 17.7. The summed E-state index contributed by atoms with van der Waals surface area (Å²) in [6.45, 7) is 7.28. The van der Waals surface area contributed by atoms with Crippen LogP contribution in [0.4, 0.5) is 5.69 Å². The van der Waals surface area contributed by atoms with Gasteiger partial charge in [-0.2, -0.15) is 0 Å². The smallest absolute Gasteiger partial charge is 0.281 e. The van der Waals surface area contributed by atoms with Crippen LogP contribution in [0.2, 0.25) is 0 Å². The number of carbonyl (C=O) groups excluding carboxylic acids is 2. The fourth-order valence-corrected chi connectivity index (χ4v) is 5.89. The Hall–Kier alpha value is -2.97. The zero-order valence-electron chi connectivity index (χ0n) is 21.6. The second-order valence-corrected chi connectivity index (χ2v) is 11.4. The van der Waals surface area contributed by atoms with E-state index in [4.69, 9.17) is 12.2 Å². The Labute approximate surface area is 231 Å². The van der Waals surface area contributed by atoms with E-state index in [1.54, 1.807) is 9.80 Å². The maximum Gasteiger partial charge on any atom is 0.281 e. The molecule has 5 rings (SSSR count). The van der Waals surface area contributed by atoms with Gasteiger partial charge < -0.3 is 14.4 Å². The Balaban J connectivity index is 1.52. The normalized spacial score (nSPS) is 19.5. The van der Waals surface area contributed by atoms with Gasteiger partial charge in [0.1, 0.15) is 12.2 Å². The highest BCUT2D eigenvalue weighted by molar-refractivity contribution is 9.10. The first-order valence-corrected chi connectivity index (χ1v) is 13.8. The Morgan fingerprint density at radius 1 is 1.14 bits per heavy atom. The van der Waals surface area contributed by atoms with Gasteiger partial charge in [0.05, 0.1) is 5.69 Å². The van der Waals surface area contributed by atoms with Gasteiger partial charge in [-0.15, -0.1) is 0 Å². The number of thiocarbonyl (C=S) groups is 1. The van der Waals surface area contributed by atoms with Crippen LogP contribution in [0.25, 0.3) is 17.0 Å². The largest absolute Gasteiger partial charge is 0.338 e. The summed E-state index contributed by atoms with van der Waals surface area (Å²) in [6, 6.07) is 12.2. The molecule has 2 aliphatic rings. The highest BCUT2D eigenvalue weighted by Crippen LogP contribution is 2.32. The van der Waals surface area contributed by atoms with E-state index >= 15 is 0 Å². The average molecular weight is 580 g/mol. The second kappa shape index (κ2) is 10.1. The molecule has 0 N–H and O–H groups in total. The van der Waals surface area contributed by atoms with Gasteiger partial charge in [0.15, 0.2) is 5.11 Å². The molecule has 3 aromatic rings. The number of piperidine rings is 1. The van der Waals surface area contributed by atoms with Crippen LogP contribution in [0.1, 0.15) is 42.9 Å². The van der Waals surface area contributed by atoms with E-state index in [9.17, 15) is 9.59 Å². The van der Waals surface area contributed by atoms with E-state index in [0.29, 0.717) is 10.8 Å². The molecule has 0 unspecified atom stereocenters. The lowest BCUT2D eigenvalue weighted by molar-refractivity contribution is -0.135. The van der Waals surface area contributed by atoms with Crippen LogP contribution < -0.4 is 4.90 Å². The number of anilines is 1. The lowest BCUT2D eigenvalue weighted by Crippen LogP contribution is -2.43. The van der Waals surface area contributed by atoms with E-state index in [0.717, 1.165) is 57.1 Å². The number of likely N-dealkylation sites (N-methyl/N-ethyl adjacent to an activating group) is 1. The van der Waals surface area contributed by atoms with Gasteiger partial charge in [0, 0.05) is 46.8 Å². The Morgan fingerprint density at radius 2 is 1.92 bits per heavy atom. The van der Waals surface area contributed by atoms with Crippen molar-refractivity contribution in [1.29, 1.82) is 0 Å². The second-order valence-electron chi connectivity index (χ2n) is 10.1. The summed E-state index contributed by atoms with van der Waals surface area (Å²) in [7, 11) is 1.82. The fourth-order valence-electron chi connectivity index (χ4n) is 5.24. The van der Waals surface area contributed by atoms with Gasteiger partial charge in [-0.05, 0) is 99.8 Å². The van der Waals surface area contributed by atoms with Gasteiger partial charge >= 0.3 is 0 Å². The molecule has 3 heterocycles. The molecule has 0 bridgehead atoms. The molecular formula is C29H31BrN4O2S. The van der Waals surface area contributed by atoms with Crippen molar-refractivity contribution in [3.05, 3.63) is 69.5 Å². The number of amides is 2. The first-order valence-electron chi connectivity index (χ1n) is 12.6. The average Bonchev–Trinajstić information content (AvgIpc) is 3.30. The van der Waals surface area contributed by atoms with Crippen molar-refractivity contribution >= 4 is 67.7 Å². The van der Waals surface area contributed by atoms with Gasteiger partial charge in [0.25, 0.3) is 5.91 Å². The fraction of sp³-hybridized carbons (Fsp3) is 0.345. The minimum absolute atomic E-state index is 0.127. The molecule has 1 atom stereocenters. The molecule has 2 amide bonds. The van der Waals surface area contributed by atoms with Crippen LogP contribution in [0, 0.1) is 13.8 Å². The van der Waals surface area contributed by atoms with Gasteiger partial charge in [-0.3, -0.25) is 14.5 Å². The molecule has 0 aliphatic carbocycles. The van der Waals surface area contributed by atoms with E-state index in [1.807, 2.05) is 79.0 Å². The van der Waals surface area contributed by atoms with Gasteiger partial charge in [0.2, 0.25) is 5.91 Å². The standard InChI is InChI=1S/C29H31BrN4O2S/c1-18-8-10-23(13-19(18)2)34-28(36)26(31(4)29(34)37)14-21-16-32(25-11-9-22(30)15-24(21)25)17-27(35)33-12-6-5-7-20(33)3/h8-11,13-16,20H,5-7,12,17H2,1-4H3/b26-14-/t20-/m1/s1. The maximum atomic E-state index is 13.6. The molecule has 37 heavy (non-hydrogen) atoms. The van der Waals surface area contributed by atoms with Crippen LogP contribution in [0.5, 0.6) is 0 Å². The summed E-state index contributed by atoms with van der Waals surface area (Å²) in [5.41, 5.74) is 5.36. The van der Waals surface area contributed by atoms with Crippen molar-refractivity contribution in [3.8, 4) is 0 Å². The van der Waals surface area contributed by atoms with Crippen molar-refractivity contribution in [2.24, 2.45) is 0 Å². The molecule has 1 aromatic heterocycles. The molecule has 2 aliphatic heterocycles. The summed E-state index contributed by atoms with van der Waals surface area (Å²) < 4.78 is 2.93. The van der Waals surface area contributed by atoms with Crippen molar-refractivity contribution in [1.82, 2.24) is 14.4 Å². The number of rotatable bonds is 4. The Morgan fingerprint density at radius 3 is 2.65 bits per heavy atom. The Kier molecular flexibility index (Phi) is 6.98. The zero-order valence-corrected chi connectivity index (χ0v) is 24.0. The molecule has 192 valence electrons. The third kappa shape index (κ3) is 4.73. The third-order valence-electron chi connectivity index (χ3n) is 7.61. The number of aromatic nitrogens is 1. The van der Waals surface area contributed by atoms with Crippen LogP contribution in [-0.4, -0.2) is 50.9 Å². The maximum absolute atomic E-state index is 13.6.